The molecule has 3 aromatic heterocycles. The monoisotopic (exact) mass is 836 g/mol. The van der Waals surface area contributed by atoms with E-state index in [1.54, 1.807) is 0 Å². The minimum atomic E-state index is -0.337. The Bertz CT molecular complexity index is 1970. The van der Waals surface area contributed by atoms with Crippen LogP contribution in [-0.2, 0) is 43.2 Å². The fraction of sp³-hybridized carbons (Fsp3) is 0.419. The van der Waals surface area contributed by atoms with Crippen molar-refractivity contribution < 1.29 is 34.4 Å². The molecule has 261 valence electrons. The molecule has 0 aliphatic heterocycles. The second-order valence-corrected chi connectivity index (χ2v) is 14.8. The predicted molar refractivity (Wildman–Crippen MR) is 198 cm³/mol. The van der Waals surface area contributed by atoms with Crippen LogP contribution in [0.15, 0.2) is 77.2 Å². The molecule has 0 saturated carbocycles. The van der Waals surface area contributed by atoms with E-state index in [-0.39, 0.29) is 47.9 Å². The number of allylic oxidation sites excluding steroid dienone is 2. The number of fused-ring (bicyclic) bond motifs is 6. The van der Waals surface area contributed by atoms with Crippen molar-refractivity contribution in [2.75, 3.05) is 0 Å². The van der Waals surface area contributed by atoms with Crippen molar-refractivity contribution in [1.29, 1.82) is 0 Å². The first kappa shape index (κ1) is 38.2. The van der Waals surface area contributed by atoms with Crippen molar-refractivity contribution in [3.05, 3.63) is 95.7 Å². The van der Waals surface area contributed by atoms with E-state index in [0.29, 0.717) is 0 Å². The van der Waals surface area contributed by atoms with E-state index in [0.717, 1.165) is 83.2 Å². The molecule has 2 aromatic carbocycles. The number of ketones is 1. The Kier molecular flexibility index (Phi) is 11.8. The summed E-state index contributed by atoms with van der Waals surface area (Å²) in [4.78, 5) is 21.6. The maximum Gasteiger partial charge on any atom is 0.164 e. The Labute approximate surface area is 306 Å². The maximum atomic E-state index is 12.2. The van der Waals surface area contributed by atoms with Crippen LogP contribution in [0.2, 0.25) is 0 Å². The number of nitrogens with zero attached hydrogens (tertiary/aromatic N) is 2. The maximum absolute atomic E-state index is 12.2. The van der Waals surface area contributed by atoms with Gasteiger partial charge in [-0.2, -0.15) is 0 Å². The summed E-state index contributed by atoms with van der Waals surface area (Å²) in [6, 6.07) is 20.5. The average molecular weight is 836 g/mol. The fourth-order valence-electron chi connectivity index (χ4n) is 6.48. The third kappa shape index (κ3) is 7.47. The molecule has 5 aromatic rings. The minimum absolute atomic E-state index is 0. The summed E-state index contributed by atoms with van der Waals surface area (Å²) < 4.78 is 6.45. The second-order valence-electron chi connectivity index (χ2n) is 14.8. The summed E-state index contributed by atoms with van der Waals surface area (Å²) >= 11 is 0. The Morgan fingerprint density at radius 3 is 2.14 bits per heavy atom. The van der Waals surface area contributed by atoms with Gasteiger partial charge in [0.2, 0.25) is 0 Å². The Balaban J connectivity index is 0.000000260. The zero-order valence-corrected chi connectivity index (χ0v) is 33.0. The van der Waals surface area contributed by atoms with Gasteiger partial charge in [-0.25, -0.2) is 0 Å². The molecule has 0 fully saturated rings. The van der Waals surface area contributed by atoms with Crippen LogP contribution in [0.4, 0.5) is 0 Å². The van der Waals surface area contributed by atoms with Gasteiger partial charge in [-0.15, -0.1) is 29.1 Å². The first-order valence-corrected chi connectivity index (χ1v) is 17.6. The minimum Gasteiger partial charge on any atom is -0.512 e. The summed E-state index contributed by atoms with van der Waals surface area (Å²) in [5.41, 5.74) is 6.79. The number of rotatable bonds is 8. The molecule has 0 atom stereocenters. The van der Waals surface area contributed by atoms with Gasteiger partial charge >= 0.3 is 0 Å². The summed E-state index contributed by atoms with van der Waals surface area (Å²) in [6.07, 6.45) is 10.3. The number of aromatic nitrogens is 2. The predicted octanol–water partition coefficient (Wildman–Crippen LogP) is 11.6. The van der Waals surface area contributed by atoms with Crippen molar-refractivity contribution in [3.63, 3.8) is 0 Å². The summed E-state index contributed by atoms with van der Waals surface area (Å²) in [5.74, 6) is 1.29. The number of hydrogen-bond donors (Lipinski definition) is 1. The molecular formula is C43H51IrN2O3-. The van der Waals surface area contributed by atoms with Crippen molar-refractivity contribution in [3.8, 4) is 22.5 Å². The van der Waals surface area contributed by atoms with E-state index in [1.807, 2.05) is 60.0 Å². The number of carbonyl (C=O) groups excluding carboxylic acids is 1. The van der Waals surface area contributed by atoms with Gasteiger partial charge < -0.3 is 9.52 Å². The van der Waals surface area contributed by atoms with Crippen LogP contribution in [-0.4, -0.2) is 20.9 Å². The van der Waals surface area contributed by atoms with Crippen LogP contribution in [0.25, 0.3) is 44.3 Å². The Hall–Kier alpha value is -3.60. The number of benzene rings is 2. The Morgan fingerprint density at radius 2 is 1.49 bits per heavy atom. The molecule has 0 saturated heterocycles. The van der Waals surface area contributed by atoms with Gasteiger partial charge in [0.15, 0.2) is 5.78 Å². The van der Waals surface area contributed by atoms with Crippen LogP contribution in [0.3, 0.4) is 0 Å². The molecule has 1 aliphatic rings. The molecule has 0 unspecified atom stereocenters. The van der Waals surface area contributed by atoms with E-state index in [9.17, 15) is 9.90 Å². The van der Waals surface area contributed by atoms with Gasteiger partial charge in [0, 0.05) is 72.5 Å². The molecule has 3 heterocycles. The van der Waals surface area contributed by atoms with Crippen LogP contribution in [0.5, 0.6) is 0 Å². The molecule has 0 spiro atoms. The standard InChI is InChI=1S/C28H23N2O.C15H28O2.Ir/c1-28(2,3)22-16-19(15-18-7-4-5-9-20(18)22)26-27-21(12-14-30-26)24-23(31-27)11-10-17-8-6-13-29-25(17)24;1-7-14(5,8-2)12(16)11-13(17)15(6,9-3)10-4;/h4-9,12-14,16H,10-11H2,1-3H3;11,16H,7-10H2,1-6H3;/q-1;;/b;12-11-;. The summed E-state index contributed by atoms with van der Waals surface area (Å²) in [6.45, 7) is 18.8. The first-order chi connectivity index (χ1) is 22.8. The van der Waals surface area contributed by atoms with Crippen LogP contribution in [0.1, 0.15) is 105 Å². The molecule has 49 heavy (non-hydrogen) atoms. The number of aryl methyl sites for hydroxylation is 2. The van der Waals surface area contributed by atoms with Crippen molar-refractivity contribution in [1.82, 2.24) is 9.97 Å². The van der Waals surface area contributed by atoms with Crippen molar-refractivity contribution >= 4 is 27.5 Å². The van der Waals surface area contributed by atoms with E-state index in [1.165, 1.54) is 22.6 Å². The third-order valence-corrected chi connectivity index (χ3v) is 10.9. The molecule has 1 N–H and O–H groups in total. The number of carbonyl (C=O) groups is 1. The van der Waals surface area contributed by atoms with Gasteiger partial charge in [0.1, 0.15) is 17.1 Å². The van der Waals surface area contributed by atoms with Gasteiger partial charge in [0.05, 0.1) is 5.69 Å². The molecule has 0 amide bonds. The number of pyridine rings is 2. The van der Waals surface area contributed by atoms with E-state index in [2.05, 4.69) is 74.3 Å². The molecule has 6 rings (SSSR count). The topological polar surface area (TPSA) is 76.2 Å². The first-order valence-electron chi connectivity index (χ1n) is 17.6. The quantitative estimate of drug-likeness (QED) is 0.0957. The third-order valence-electron chi connectivity index (χ3n) is 10.9. The zero-order chi connectivity index (χ0) is 34.9. The van der Waals surface area contributed by atoms with E-state index in [4.69, 9.17) is 9.40 Å². The fourth-order valence-corrected chi connectivity index (χ4v) is 6.48. The van der Waals surface area contributed by atoms with Gasteiger partial charge in [-0.1, -0.05) is 97.5 Å². The molecular weight excluding hydrogens is 785 g/mol. The molecule has 6 heteroatoms. The smallest absolute Gasteiger partial charge is 0.164 e. The van der Waals surface area contributed by atoms with E-state index >= 15 is 0 Å². The normalized spacial score (nSPS) is 13.3. The Morgan fingerprint density at radius 1 is 0.837 bits per heavy atom. The van der Waals surface area contributed by atoms with Crippen LogP contribution in [0, 0.1) is 16.9 Å². The van der Waals surface area contributed by atoms with Gasteiger partial charge in [0.25, 0.3) is 0 Å². The van der Waals surface area contributed by atoms with Crippen LogP contribution >= 0.6 is 0 Å². The molecule has 0 bridgehead atoms. The van der Waals surface area contributed by atoms with Crippen LogP contribution < -0.4 is 0 Å². The van der Waals surface area contributed by atoms with Gasteiger partial charge in [-0.05, 0) is 55.2 Å². The number of furan rings is 1. The van der Waals surface area contributed by atoms with Crippen molar-refractivity contribution in [2.45, 2.75) is 106 Å². The summed E-state index contributed by atoms with van der Waals surface area (Å²) in [5, 5.41) is 13.6. The zero-order valence-electron chi connectivity index (χ0n) is 30.6. The number of hydrogen-bond acceptors (Lipinski definition) is 5. The summed E-state index contributed by atoms with van der Waals surface area (Å²) in [7, 11) is 0. The average Bonchev–Trinajstić information content (AvgIpc) is 3.49. The SMILES string of the molecule is CC(C)(C)c1cc(-c2nccc3c4c(oc23)CCc2cccnc2-4)[c-]c2ccccc12.CCC(C)(CC)C(=O)/C=C(\O)C(C)(CC)CC.[Ir]. The van der Waals surface area contributed by atoms with Gasteiger partial charge in [-0.3, -0.25) is 14.8 Å². The molecule has 1 aliphatic carbocycles. The number of aliphatic hydroxyl groups is 1. The van der Waals surface area contributed by atoms with Crippen molar-refractivity contribution in [2.24, 2.45) is 10.8 Å². The number of aliphatic hydroxyl groups excluding tert-OH is 1. The molecule has 1 radical (unpaired) electrons. The molecule has 5 nitrogen and oxygen atoms in total. The van der Waals surface area contributed by atoms with E-state index < -0.39 is 0 Å². The largest absolute Gasteiger partial charge is 0.512 e. The second kappa shape index (κ2) is 15.1.